The van der Waals surface area contributed by atoms with E-state index < -0.39 is 0 Å². The number of nitrogens with zero attached hydrogens (tertiary/aromatic N) is 1. The molecule has 1 aromatic heterocycles. The second-order valence-electron chi connectivity index (χ2n) is 6.74. The Bertz CT molecular complexity index is 1220. The minimum Gasteiger partial charge on any atom is -0.361 e. The summed E-state index contributed by atoms with van der Waals surface area (Å²) in [6.07, 6.45) is 2.66. The van der Waals surface area contributed by atoms with Crippen molar-refractivity contribution in [3.05, 3.63) is 94.6 Å². The number of aromatic nitrogens is 1. The molecule has 0 saturated heterocycles. The van der Waals surface area contributed by atoms with Crippen LogP contribution in [0.15, 0.2) is 72.9 Å². The van der Waals surface area contributed by atoms with E-state index in [9.17, 15) is 4.79 Å². The lowest BCUT2D eigenvalue weighted by molar-refractivity contribution is 0.0955. The number of rotatable bonds is 5. The fraction of sp³-hybridized carbons (Fsp3) is 0.0833. The maximum Gasteiger partial charge on any atom is 0.251 e. The number of halogens is 1. The number of nitriles is 1. The zero-order chi connectivity index (χ0) is 20.2. The summed E-state index contributed by atoms with van der Waals surface area (Å²) >= 11 is 6.11. The number of H-pyrrole nitrogens is 1. The van der Waals surface area contributed by atoms with E-state index >= 15 is 0 Å². The lowest BCUT2D eigenvalue weighted by atomic mass is 9.98. The molecule has 0 aliphatic heterocycles. The monoisotopic (exact) mass is 399 g/mol. The first-order valence-electron chi connectivity index (χ1n) is 9.29. The van der Waals surface area contributed by atoms with Crippen molar-refractivity contribution in [1.29, 1.82) is 5.26 Å². The number of hydrogen-bond donors (Lipinski definition) is 2. The molecule has 2 N–H and O–H groups in total. The molecule has 0 radical (unpaired) electrons. The lowest BCUT2D eigenvalue weighted by Crippen LogP contribution is -2.26. The Kier molecular flexibility index (Phi) is 5.33. The molecule has 0 atom stereocenters. The lowest BCUT2D eigenvalue weighted by Gasteiger charge is -2.10. The zero-order valence-electron chi connectivity index (χ0n) is 15.6. The van der Waals surface area contributed by atoms with Gasteiger partial charge in [0, 0.05) is 34.2 Å². The smallest absolute Gasteiger partial charge is 0.251 e. The van der Waals surface area contributed by atoms with Crippen molar-refractivity contribution in [2.75, 3.05) is 6.54 Å². The quantitative estimate of drug-likeness (QED) is 0.476. The van der Waals surface area contributed by atoms with Gasteiger partial charge in [-0.15, -0.1) is 0 Å². The number of benzene rings is 3. The average Bonchev–Trinajstić information content (AvgIpc) is 3.16. The van der Waals surface area contributed by atoms with Crippen molar-refractivity contribution < 1.29 is 4.79 Å². The molecular formula is C24H18ClN3O. The Hall–Kier alpha value is -3.55. The van der Waals surface area contributed by atoms with Crippen molar-refractivity contribution in [1.82, 2.24) is 10.3 Å². The summed E-state index contributed by atoms with van der Waals surface area (Å²) in [5.41, 5.74) is 5.09. The van der Waals surface area contributed by atoms with Gasteiger partial charge in [0.15, 0.2) is 0 Å². The summed E-state index contributed by atoms with van der Waals surface area (Å²) in [7, 11) is 0. The van der Waals surface area contributed by atoms with Gasteiger partial charge < -0.3 is 10.3 Å². The highest BCUT2D eigenvalue weighted by atomic mass is 35.5. The number of amides is 1. The van der Waals surface area contributed by atoms with E-state index in [0.29, 0.717) is 29.1 Å². The van der Waals surface area contributed by atoms with E-state index in [1.165, 1.54) is 0 Å². The van der Waals surface area contributed by atoms with Gasteiger partial charge in [-0.25, -0.2) is 0 Å². The Labute approximate surface area is 173 Å². The molecule has 0 aliphatic carbocycles. The zero-order valence-corrected chi connectivity index (χ0v) is 16.3. The van der Waals surface area contributed by atoms with Crippen LogP contribution in [0.25, 0.3) is 22.0 Å². The van der Waals surface area contributed by atoms with Crippen LogP contribution >= 0.6 is 11.6 Å². The molecule has 4 rings (SSSR count). The first-order chi connectivity index (χ1) is 14.2. The Morgan fingerprint density at radius 3 is 2.66 bits per heavy atom. The third-order valence-corrected chi connectivity index (χ3v) is 5.14. The molecule has 4 nitrogen and oxygen atoms in total. The fourth-order valence-electron chi connectivity index (χ4n) is 3.42. The van der Waals surface area contributed by atoms with Gasteiger partial charge in [-0.3, -0.25) is 4.79 Å². The van der Waals surface area contributed by atoms with E-state index in [-0.39, 0.29) is 5.91 Å². The topological polar surface area (TPSA) is 68.7 Å². The Morgan fingerprint density at radius 1 is 1.07 bits per heavy atom. The summed E-state index contributed by atoms with van der Waals surface area (Å²) in [6, 6.07) is 22.6. The molecule has 142 valence electrons. The summed E-state index contributed by atoms with van der Waals surface area (Å²) in [6.45, 7) is 0.514. The molecule has 0 fully saturated rings. The van der Waals surface area contributed by atoms with Crippen LogP contribution in [0.4, 0.5) is 0 Å². The van der Waals surface area contributed by atoms with Crippen molar-refractivity contribution in [3.63, 3.8) is 0 Å². The van der Waals surface area contributed by atoms with Crippen molar-refractivity contribution in [2.45, 2.75) is 6.42 Å². The van der Waals surface area contributed by atoms with Crippen LogP contribution in [0.5, 0.6) is 0 Å². The number of carbonyl (C=O) groups excluding carboxylic acids is 1. The van der Waals surface area contributed by atoms with Gasteiger partial charge >= 0.3 is 0 Å². The second-order valence-corrected chi connectivity index (χ2v) is 7.18. The molecule has 0 unspecified atom stereocenters. The minimum absolute atomic E-state index is 0.122. The molecule has 29 heavy (non-hydrogen) atoms. The van der Waals surface area contributed by atoms with Crippen molar-refractivity contribution >= 4 is 28.4 Å². The van der Waals surface area contributed by atoms with Crippen LogP contribution in [0.2, 0.25) is 5.02 Å². The molecule has 0 aliphatic rings. The third kappa shape index (κ3) is 4.01. The largest absolute Gasteiger partial charge is 0.361 e. The van der Waals surface area contributed by atoms with E-state index in [1.807, 2.05) is 60.8 Å². The first-order valence-corrected chi connectivity index (χ1v) is 9.67. The molecule has 4 aromatic rings. The molecule has 1 heterocycles. The highest BCUT2D eigenvalue weighted by Crippen LogP contribution is 2.25. The number of nitrogens with one attached hydrogen (secondary N) is 2. The van der Waals surface area contributed by atoms with Gasteiger partial charge in [0.05, 0.1) is 11.6 Å². The van der Waals surface area contributed by atoms with E-state index in [4.69, 9.17) is 16.9 Å². The van der Waals surface area contributed by atoms with Crippen LogP contribution in [0.3, 0.4) is 0 Å². The molecule has 0 saturated carbocycles. The number of carbonyl (C=O) groups is 1. The Morgan fingerprint density at radius 2 is 1.86 bits per heavy atom. The third-order valence-electron chi connectivity index (χ3n) is 4.91. The molecule has 3 aromatic carbocycles. The maximum absolute atomic E-state index is 12.8. The van der Waals surface area contributed by atoms with Crippen LogP contribution in [0, 0.1) is 11.3 Å². The van der Waals surface area contributed by atoms with Gasteiger partial charge in [0.2, 0.25) is 0 Å². The molecular weight excluding hydrogens is 382 g/mol. The number of hydrogen-bond acceptors (Lipinski definition) is 2. The molecule has 0 bridgehead atoms. The normalized spacial score (nSPS) is 10.6. The fourth-order valence-corrected chi connectivity index (χ4v) is 3.59. The summed E-state index contributed by atoms with van der Waals surface area (Å²) in [4.78, 5) is 16.0. The van der Waals surface area contributed by atoms with Gasteiger partial charge in [-0.05, 0) is 59.5 Å². The standard InChI is InChI=1S/C24H18ClN3O/c25-19-9-10-23-22(13-19)18(15-28-23)11-12-27-24(29)21-4-2-1-3-20(21)17-7-5-16(14-26)6-8-17/h1-10,13,15,28H,11-12H2,(H,27,29). The number of fused-ring (bicyclic) bond motifs is 1. The average molecular weight is 400 g/mol. The maximum atomic E-state index is 12.8. The minimum atomic E-state index is -0.122. The van der Waals surface area contributed by atoms with E-state index in [2.05, 4.69) is 16.4 Å². The first kappa shape index (κ1) is 18.8. The highest BCUT2D eigenvalue weighted by Gasteiger charge is 2.12. The van der Waals surface area contributed by atoms with E-state index in [0.717, 1.165) is 27.6 Å². The van der Waals surface area contributed by atoms with Crippen molar-refractivity contribution in [3.8, 4) is 17.2 Å². The predicted molar refractivity (Wildman–Crippen MR) is 116 cm³/mol. The van der Waals surface area contributed by atoms with Crippen LogP contribution in [-0.4, -0.2) is 17.4 Å². The van der Waals surface area contributed by atoms with Crippen molar-refractivity contribution in [2.24, 2.45) is 0 Å². The van der Waals surface area contributed by atoms with E-state index in [1.54, 1.807) is 12.1 Å². The summed E-state index contributed by atoms with van der Waals surface area (Å²) in [5.74, 6) is -0.122. The van der Waals surface area contributed by atoms with Crippen LogP contribution in [-0.2, 0) is 6.42 Å². The van der Waals surface area contributed by atoms with Crippen LogP contribution < -0.4 is 5.32 Å². The molecule has 0 spiro atoms. The molecule has 5 heteroatoms. The summed E-state index contributed by atoms with van der Waals surface area (Å²) in [5, 5.41) is 13.8. The van der Waals surface area contributed by atoms with Gasteiger partial charge in [0.1, 0.15) is 0 Å². The SMILES string of the molecule is N#Cc1ccc(-c2ccccc2C(=O)NCCc2c[nH]c3ccc(Cl)cc23)cc1. The highest BCUT2D eigenvalue weighted by molar-refractivity contribution is 6.31. The predicted octanol–water partition coefficient (Wildman–Crippen LogP) is 5.33. The van der Waals surface area contributed by atoms with Crippen LogP contribution in [0.1, 0.15) is 21.5 Å². The summed E-state index contributed by atoms with van der Waals surface area (Å²) < 4.78 is 0. The second kappa shape index (κ2) is 8.22. The molecule has 1 amide bonds. The van der Waals surface area contributed by atoms with Gasteiger partial charge in [-0.1, -0.05) is 41.9 Å². The van der Waals surface area contributed by atoms with Gasteiger partial charge in [0.25, 0.3) is 5.91 Å². The Balaban J connectivity index is 1.49. The van der Waals surface area contributed by atoms with Gasteiger partial charge in [-0.2, -0.15) is 5.26 Å². The number of aromatic amines is 1.